The number of benzene rings is 2. The number of carbonyl (C=O) groups is 1. The summed E-state index contributed by atoms with van der Waals surface area (Å²) in [4.78, 5) is 12.4. The second-order valence-corrected chi connectivity index (χ2v) is 5.10. The Balaban J connectivity index is 2.27. The summed E-state index contributed by atoms with van der Waals surface area (Å²) < 4.78 is 0. The maximum atomic E-state index is 12.4. The molecule has 0 saturated heterocycles. The van der Waals surface area contributed by atoms with Crippen molar-refractivity contribution >= 4 is 5.91 Å². The van der Waals surface area contributed by atoms with Crippen molar-refractivity contribution in [2.75, 3.05) is 6.54 Å². The largest absolute Gasteiger partial charge is 0.345 e. The summed E-state index contributed by atoms with van der Waals surface area (Å²) in [6, 6.07) is 19.9. The van der Waals surface area contributed by atoms with Crippen LogP contribution in [0.2, 0.25) is 0 Å². The van der Waals surface area contributed by atoms with Gasteiger partial charge < -0.3 is 11.1 Å². The molecule has 2 aromatic carbocycles. The van der Waals surface area contributed by atoms with Gasteiger partial charge in [-0.05, 0) is 17.5 Å². The van der Waals surface area contributed by atoms with Crippen molar-refractivity contribution in [3.05, 3.63) is 71.8 Å². The first-order valence-corrected chi connectivity index (χ1v) is 7.36. The number of amides is 1. The Labute approximate surface area is 126 Å². The van der Waals surface area contributed by atoms with Crippen molar-refractivity contribution < 1.29 is 4.79 Å². The van der Waals surface area contributed by atoms with Crippen molar-refractivity contribution in [1.29, 1.82) is 0 Å². The smallest absolute Gasteiger partial charge is 0.225 e. The molecule has 0 heterocycles. The van der Waals surface area contributed by atoms with Gasteiger partial charge in [-0.15, -0.1) is 0 Å². The summed E-state index contributed by atoms with van der Waals surface area (Å²) in [7, 11) is 0. The normalized spacial score (nSPS) is 12.1. The average Bonchev–Trinajstić information content (AvgIpc) is 2.55. The van der Waals surface area contributed by atoms with Gasteiger partial charge in [0.25, 0.3) is 0 Å². The van der Waals surface area contributed by atoms with Crippen LogP contribution in [0.4, 0.5) is 0 Å². The number of rotatable bonds is 6. The Morgan fingerprint density at radius 1 is 1.00 bits per heavy atom. The third kappa shape index (κ3) is 3.92. The van der Waals surface area contributed by atoms with Crippen LogP contribution in [0.15, 0.2) is 60.7 Å². The molecule has 0 aliphatic carbocycles. The lowest BCUT2D eigenvalue weighted by Crippen LogP contribution is -2.37. The standard InChI is InChI=1S/C18H22N2O/c1-2-14(13-19)18(21)20-17(15-9-5-3-6-10-15)16-11-7-4-8-12-16/h3-12,14,17H,2,13,19H2,1H3,(H,20,21). The minimum Gasteiger partial charge on any atom is -0.345 e. The highest BCUT2D eigenvalue weighted by Gasteiger charge is 2.21. The van der Waals surface area contributed by atoms with Crippen LogP contribution in [0.1, 0.15) is 30.5 Å². The zero-order chi connectivity index (χ0) is 15.1. The topological polar surface area (TPSA) is 55.1 Å². The van der Waals surface area contributed by atoms with Crippen molar-refractivity contribution in [1.82, 2.24) is 5.32 Å². The maximum absolute atomic E-state index is 12.4. The molecule has 0 bridgehead atoms. The average molecular weight is 282 g/mol. The SMILES string of the molecule is CCC(CN)C(=O)NC(c1ccccc1)c1ccccc1. The lowest BCUT2D eigenvalue weighted by molar-refractivity contribution is -0.125. The second-order valence-electron chi connectivity index (χ2n) is 5.10. The quantitative estimate of drug-likeness (QED) is 0.856. The van der Waals surface area contributed by atoms with Gasteiger partial charge in [-0.2, -0.15) is 0 Å². The molecule has 0 fully saturated rings. The summed E-state index contributed by atoms with van der Waals surface area (Å²) in [5, 5.41) is 3.13. The van der Waals surface area contributed by atoms with Crippen LogP contribution in [-0.2, 0) is 4.79 Å². The van der Waals surface area contributed by atoms with E-state index in [1.807, 2.05) is 67.6 Å². The van der Waals surface area contributed by atoms with Crippen LogP contribution in [0, 0.1) is 5.92 Å². The van der Waals surface area contributed by atoms with Gasteiger partial charge in [0.15, 0.2) is 0 Å². The van der Waals surface area contributed by atoms with Crippen LogP contribution in [0.3, 0.4) is 0 Å². The summed E-state index contributed by atoms with van der Waals surface area (Å²) in [6.45, 7) is 2.36. The fourth-order valence-corrected chi connectivity index (χ4v) is 2.37. The first kappa shape index (κ1) is 15.3. The minimum atomic E-state index is -0.139. The Morgan fingerprint density at radius 2 is 1.48 bits per heavy atom. The summed E-state index contributed by atoms with van der Waals surface area (Å²) in [5.74, 6) is -0.127. The van der Waals surface area contributed by atoms with Gasteiger partial charge in [0.1, 0.15) is 0 Å². The van der Waals surface area contributed by atoms with Crippen molar-refractivity contribution in [2.45, 2.75) is 19.4 Å². The van der Waals surface area contributed by atoms with Crippen LogP contribution in [-0.4, -0.2) is 12.5 Å². The monoisotopic (exact) mass is 282 g/mol. The number of nitrogens with two attached hydrogens (primary N) is 1. The van der Waals surface area contributed by atoms with E-state index < -0.39 is 0 Å². The molecule has 0 aliphatic rings. The van der Waals surface area contributed by atoms with E-state index in [1.54, 1.807) is 0 Å². The summed E-state index contributed by atoms with van der Waals surface area (Å²) >= 11 is 0. The molecule has 21 heavy (non-hydrogen) atoms. The number of hydrogen-bond donors (Lipinski definition) is 2. The van der Waals surface area contributed by atoms with Crippen molar-refractivity contribution in [3.8, 4) is 0 Å². The zero-order valence-electron chi connectivity index (χ0n) is 12.3. The lowest BCUT2D eigenvalue weighted by atomic mass is 9.97. The highest BCUT2D eigenvalue weighted by molar-refractivity contribution is 5.79. The van der Waals surface area contributed by atoms with Crippen LogP contribution in [0.25, 0.3) is 0 Å². The van der Waals surface area contributed by atoms with E-state index in [9.17, 15) is 4.79 Å². The van der Waals surface area contributed by atoms with Gasteiger partial charge in [0.2, 0.25) is 5.91 Å². The number of carbonyl (C=O) groups excluding carboxylic acids is 1. The highest BCUT2D eigenvalue weighted by atomic mass is 16.1. The van der Waals surface area contributed by atoms with E-state index in [1.165, 1.54) is 0 Å². The molecule has 110 valence electrons. The maximum Gasteiger partial charge on any atom is 0.225 e. The molecule has 2 aromatic rings. The Kier molecular flexibility index (Phi) is 5.52. The molecule has 3 nitrogen and oxygen atoms in total. The molecule has 0 spiro atoms. The van der Waals surface area contributed by atoms with Crippen LogP contribution < -0.4 is 11.1 Å². The van der Waals surface area contributed by atoms with Gasteiger partial charge in [0, 0.05) is 12.5 Å². The van der Waals surface area contributed by atoms with Crippen LogP contribution in [0.5, 0.6) is 0 Å². The predicted molar refractivity (Wildman–Crippen MR) is 85.7 cm³/mol. The van der Waals surface area contributed by atoms with Gasteiger partial charge >= 0.3 is 0 Å². The highest BCUT2D eigenvalue weighted by Crippen LogP contribution is 2.22. The summed E-state index contributed by atoms with van der Waals surface area (Å²) in [5.41, 5.74) is 7.82. The van der Waals surface area contributed by atoms with Gasteiger partial charge in [0.05, 0.1) is 6.04 Å². The van der Waals surface area contributed by atoms with Crippen LogP contribution >= 0.6 is 0 Å². The number of hydrogen-bond acceptors (Lipinski definition) is 2. The molecular formula is C18H22N2O. The second kappa shape index (κ2) is 7.60. The molecule has 0 aromatic heterocycles. The van der Waals surface area contributed by atoms with Gasteiger partial charge in [-0.1, -0.05) is 67.6 Å². The molecule has 3 N–H and O–H groups in total. The molecule has 1 atom stereocenters. The Bertz CT molecular complexity index is 510. The first-order valence-electron chi connectivity index (χ1n) is 7.36. The minimum absolute atomic E-state index is 0.0118. The lowest BCUT2D eigenvalue weighted by Gasteiger charge is -2.22. The fourth-order valence-electron chi connectivity index (χ4n) is 2.37. The summed E-state index contributed by atoms with van der Waals surface area (Å²) in [6.07, 6.45) is 0.749. The van der Waals surface area contributed by atoms with E-state index in [0.29, 0.717) is 6.54 Å². The van der Waals surface area contributed by atoms with E-state index in [4.69, 9.17) is 5.73 Å². The zero-order valence-corrected chi connectivity index (χ0v) is 12.3. The third-order valence-corrected chi connectivity index (χ3v) is 3.70. The van der Waals surface area contributed by atoms with E-state index in [0.717, 1.165) is 17.5 Å². The number of nitrogens with one attached hydrogen (secondary N) is 1. The molecule has 1 amide bonds. The molecular weight excluding hydrogens is 260 g/mol. The van der Waals surface area contributed by atoms with E-state index in [-0.39, 0.29) is 17.9 Å². The fraction of sp³-hybridized carbons (Fsp3) is 0.278. The third-order valence-electron chi connectivity index (χ3n) is 3.70. The Hall–Kier alpha value is -2.13. The molecule has 2 rings (SSSR count). The molecule has 0 aliphatic heterocycles. The molecule has 0 saturated carbocycles. The predicted octanol–water partition coefficient (Wildman–Crippen LogP) is 2.88. The van der Waals surface area contributed by atoms with Crippen molar-refractivity contribution in [2.24, 2.45) is 11.7 Å². The van der Waals surface area contributed by atoms with E-state index >= 15 is 0 Å². The first-order chi connectivity index (χ1) is 10.3. The van der Waals surface area contributed by atoms with E-state index in [2.05, 4.69) is 5.32 Å². The van der Waals surface area contributed by atoms with Gasteiger partial charge in [-0.25, -0.2) is 0 Å². The van der Waals surface area contributed by atoms with Crippen molar-refractivity contribution in [3.63, 3.8) is 0 Å². The van der Waals surface area contributed by atoms with Gasteiger partial charge in [-0.3, -0.25) is 4.79 Å². The molecule has 3 heteroatoms. The molecule has 1 unspecified atom stereocenters. The Morgan fingerprint density at radius 3 is 1.86 bits per heavy atom. The molecule has 0 radical (unpaired) electrons.